The molecule has 0 radical (unpaired) electrons. The Labute approximate surface area is 98.8 Å². The van der Waals surface area contributed by atoms with Crippen LogP contribution in [0.25, 0.3) is 0 Å². The first-order valence-corrected chi connectivity index (χ1v) is 6.13. The van der Waals surface area contributed by atoms with E-state index in [1.54, 1.807) is 19.0 Å². The monoisotopic (exact) mass is 227 g/mol. The predicted molar refractivity (Wildman–Crippen MR) is 66.2 cm³/mol. The predicted octanol–water partition coefficient (Wildman–Crippen LogP) is 0.668. The summed E-state index contributed by atoms with van der Waals surface area (Å²) in [6.07, 6.45) is 6.02. The molecule has 1 rings (SSSR count). The number of nitrogens with zero attached hydrogens (tertiary/aromatic N) is 2. The molecule has 1 saturated carbocycles. The molecule has 1 aliphatic rings. The third-order valence-electron chi connectivity index (χ3n) is 3.85. The van der Waals surface area contributed by atoms with Crippen molar-refractivity contribution >= 4 is 5.91 Å². The minimum Gasteiger partial charge on any atom is -0.348 e. The molecule has 0 spiro atoms. The molecule has 2 N–H and O–H groups in total. The second-order valence-electron chi connectivity index (χ2n) is 5.13. The summed E-state index contributed by atoms with van der Waals surface area (Å²) in [4.78, 5) is 15.5. The summed E-state index contributed by atoms with van der Waals surface area (Å²) in [5.41, 5.74) is 5.98. The van der Waals surface area contributed by atoms with E-state index >= 15 is 0 Å². The van der Waals surface area contributed by atoms with Crippen LogP contribution in [0.4, 0.5) is 0 Å². The van der Waals surface area contributed by atoms with Gasteiger partial charge in [-0.15, -0.1) is 0 Å². The number of carbonyl (C=O) groups is 1. The second-order valence-corrected chi connectivity index (χ2v) is 5.13. The van der Waals surface area contributed by atoms with E-state index in [1.807, 2.05) is 7.05 Å². The van der Waals surface area contributed by atoms with Crippen molar-refractivity contribution in [3.8, 4) is 0 Å². The molecule has 94 valence electrons. The minimum atomic E-state index is 0.0594. The van der Waals surface area contributed by atoms with Gasteiger partial charge in [0.05, 0.1) is 6.54 Å². The molecule has 0 saturated heterocycles. The normalized spacial score (nSPS) is 19.8. The largest absolute Gasteiger partial charge is 0.348 e. The number of likely N-dealkylation sites (N-methyl/N-ethyl adjacent to an activating group) is 2. The molecule has 0 aliphatic heterocycles. The summed E-state index contributed by atoms with van der Waals surface area (Å²) < 4.78 is 0. The van der Waals surface area contributed by atoms with E-state index in [9.17, 15) is 4.79 Å². The molecule has 0 aromatic rings. The SMILES string of the molecule is CN(C)C(=O)CN(C)C1(CN)CCCCC1. The summed E-state index contributed by atoms with van der Waals surface area (Å²) in [6, 6.07) is 0. The lowest BCUT2D eigenvalue weighted by Gasteiger charge is -2.44. The average molecular weight is 227 g/mol. The van der Waals surface area contributed by atoms with Crippen LogP contribution in [-0.2, 0) is 4.79 Å². The zero-order chi connectivity index (χ0) is 12.2. The van der Waals surface area contributed by atoms with Crippen molar-refractivity contribution in [1.82, 2.24) is 9.80 Å². The van der Waals surface area contributed by atoms with Gasteiger partial charge in [-0.1, -0.05) is 19.3 Å². The number of hydrogen-bond donors (Lipinski definition) is 1. The fraction of sp³-hybridized carbons (Fsp3) is 0.917. The first-order valence-electron chi connectivity index (χ1n) is 6.13. The van der Waals surface area contributed by atoms with Crippen molar-refractivity contribution in [2.75, 3.05) is 34.2 Å². The van der Waals surface area contributed by atoms with Gasteiger partial charge >= 0.3 is 0 Å². The van der Waals surface area contributed by atoms with E-state index in [0.29, 0.717) is 13.1 Å². The average Bonchev–Trinajstić information content (AvgIpc) is 2.29. The van der Waals surface area contributed by atoms with E-state index < -0.39 is 0 Å². The van der Waals surface area contributed by atoms with Crippen molar-refractivity contribution in [1.29, 1.82) is 0 Å². The molecule has 0 aromatic carbocycles. The number of rotatable bonds is 4. The zero-order valence-electron chi connectivity index (χ0n) is 10.8. The molecule has 16 heavy (non-hydrogen) atoms. The number of hydrogen-bond acceptors (Lipinski definition) is 3. The first-order chi connectivity index (χ1) is 7.52. The Morgan fingerprint density at radius 2 is 1.75 bits per heavy atom. The highest BCUT2D eigenvalue weighted by Gasteiger charge is 2.35. The van der Waals surface area contributed by atoms with Crippen LogP contribution in [0.3, 0.4) is 0 Å². The first kappa shape index (κ1) is 13.5. The zero-order valence-corrected chi connectivity index (χ0v) is 10.8. The third kappa shape index (κ3) is 2.95. The summed E-state index contributed by atoms with van der Waals surface area (Å²) in [6.45, 7) is 1.13. The van der Waals surface area contributed by atoms with E-state index in [-0.39, 0.29) is 11.4 Å². The highest BCUT2D eigenvalue weighted by molar-refractivity contribution is 5.77. The molecule has 0 bridgehead atoms. The Morgan fingerprint density at radius 1 is 1.19 bits per heavy atom. The Kier molecular flexibility index (Phi) is 4.74. The molecule has 1 aliphatic carbocycles. The van der Waals surface area contributed by atoms with Gasteiger partial charge in [-0.2, -0.15) is 0 Å². The van der Waals surface area contributed by atoms with E-state index in [4.69, 9.17) is 5.73 Å². The molecule has 1 fully saturated rings. The lowest BCUT2D eigenvalue weighted by Crippen LogP contribution is -2.55. The van der Waals surface area contributed by atoms with Crippen molar-refractivity contribution < 1.29 is 4.79 Å². The lowest BCUT2D eigenvalue weighted by atomic mass is 9.80. The maximum Gasteiger partial charge on any atom is 0.236 e. The van der Waals surface area contributed by atoms with Gasteiger partial charge in [0, 0.05) is 26.2 Å². The number of amides is 1. The van der Waals surface area contributed by atoms with Crippen molar-refractivity contribution in [3.05, 3.63) is 0 Å². The number of nitrogens with two attached hydrogens (primary N) is 1. The van der Waals surface area contributed by atoms with Crippen LogP contribution < -0.4 is 5.73 Å². The van der Waals surface area contributed by atoms with Gasteiger partial charge in [-0.25, -0.2) is 0 Å². The highest BCUT2D eigenvalue weighted by Crippen LogP contribution is 2.31. The Balaban J connectivity index is 2.61. The van der Waals surface area contributed by atoms with Crippen LogP contribution in [0.5, 0.6) is 0 Å². The molecular weight excluding hydrogens is 202 g/mol. The quantitative estimate of drug-likeness (QED) is 0.768. The maximum absolute atomic E-state index is 11.7. The fourth-order valence-electron chi connectivity index (χ4n) is 2.46. The molecule has 0 atom stereocenters. The van der Waals surface area contributed by atoms with E-state index in [1.165, 1.54) is 19.3 Å². The van der Waals surface area contributed by atoms with Gasteiger partial charge < -0.3 is 10.6 Å². The molecular formula is C12H25N3O. The van der Waals surface area contributed by atoms with Gasteiger partial charge in [-0.3, -0.25) is 9.69 Å². The van der Waals surface area contributed by atoms with Crippen LogP contribution in [0.1, 0.15) is 32.1 Å². The molecule has 0 unspecified atom stereocenters. The molecule has 4 heteroatoms. The Morgan fingerprint density at radius 3 is 2.19 bits per heavy atom. The van der Waals surface area contributed by atoms with Crippen LogP contribution in [-0.4, -0.2) is 55.5 Å². The highest BCUT2D eigenvalue weighted by atomic mass is 16.2. The Hall–Kier alpha value is -0.610. The van der Waals surface area contributed by atoms with E-state index in [0.717, 1.165) is 12.8 Å². The third-order valence-corrected chi connectivity index (χ3v) is 3.85. The van der Waals surface area contributed by atoms with Crippen LogP contribution in [0.15, 0.2) is 0 Å². The summed E-state index contributed by atoms with van der Waals surface area (Å²) in [7, 11) is 5.62. The molecule has 0 aromatic heterocycles. The van der Waals surface area contributed by atoms with Crippen LogP contribution >= 0.6 is 0 Å². The van der Waals surface area contributed by atoms with Crippen LogP contribution in [0, 0.1) is 0 Å². The van der Waals surface area contributed by atoms with Gasteiger partial charge in [0.15, 0.2) is 0 Å². The maximum atomic E-state index is 11.7. The van der Waals surface area contributed by atoms with Crippen LogP contribution in [0.2, 0.25) is 0 Å². The standard InChI is InChI=1S/C12H25N3O/c1-14(2)11(16)9-15(3)12(10-13)7-5-4-6-8-12/h4-10,13H2,1-3H3. The molecule has 0 heterocycles. The van der Waals surface area contributed by atoms with Crippen molar-refractivity contribution in [3.63, 3.8) is 0 Å². The Bertz CT molecular complexity index is 234. The van der Waals surface area contributed by atoms with Gasteiger partial charge in [0.25, 0.3) is 0 Å². The fourth-order valence-corrected chi connectivity index (χ4v) is 2.46. The summed E-state index contributed by atoms with van der Waals surface area (Å²) >= 11 is 0. The molecule has 4 nitrogen and oxygen atoms in total. The summed E-state index contributed by atoms with van der Waals surface area (Å²) in [5, 5.41) is 0. The van der Waals surface area contributed by atoms with Crippen molar-refractivity contribution in [2.24, 2.45) is 5.73 Å². The second kappa shape index (κ2) is 5.64. The minimum absolute atomic E-state index is 0.0594. The smallest absolute Gasteiger partial charge is 0.236 e. The summed E-state index contributed by atoms with van der Waals surface area (Å²) in [5.74, 6) is 0.154. The van der Waals surface area contributed by atoms with Gasteiger partial charge in [-0.05, 0) is 19.9 Å². The van der Waals surface area contributed by atoms with Gasteiger partial charge in [0.1, 0.15) is 0 Å². The van der Waals surface area contributed by atoms with Gasteiger partial charge in [0.2, 0.25) is 5.91 Å². The van der Waals surface area contributed by atoms with E-state index in [2.05, 4.69) is 4.90 Å². The van der Waals surface area contributed by atoms with Crippen molar-refractivity contribution in [2.45, 2.75) is 37.6 Å². The topological polar surface area (TPSA) is 49.6 Å². The molecule has 1 amide bonds. The lowest BCUT2D eigenvalue weighted by molar-refractivity contribution is -0.131. The number of carbonyl (C=O) groups excluding carboxylic acids is 1.